The van der Waals surface area contributed by atoms with Gasteiger partial charge in [0, 0.05) is 17.3 Å². The Bertz CT molecular complexity index is 708. The number of hydrogen-bond acceptors (Lipinski definition) is 2. The highest BCUT2D eigenvalue weighted by molar-refractivity contribution is 7.89. The second kappa shape index (κ2) is 6.77. The van der Waals surface area contributed by atoms with Crippen LogP contribution in [0.1, 0.15) is 20.3 Å². The lowest BCUT2D eigenvalue weighted by Crippen LogP contribution is -2.38. The second-order valence-corrected chi connectivity index (χ2v) is 7.49. The first kappa shape index (κ1) is 16.3. The van der Waals surface area contributed by atoms with Gasteiger partial charge in [0.2, 0.25) is 10.0 Å². The third kappa shape index (κ3) is 3.76. The molecule has 1 unspecified atom stereocenters. The van der Waals surface area contributed by atoms with Gasteiger partial charge in [0.05, 0.1) is 4.90 Å². The van der Waals surface area contributed by atoms with E-state index in [4.69, 9.17) is 11.6 Å². The van der Waals surface area contributed by atoms with Gasteiger partial charge >= 0.3 is 0 Å². The van der Waals surface area contributed by atoms with Gasteiger partial charge in [-0.05, 0) is 23.8 Å². The van der Waals surface area contributed by atoms with E-state index in [0.29, 0.717) is 17.2 Å². The number of nitrogens with one attached hydrogen (secondary N) is 1. The third-order valence-electron chi connectivity index (χ3n) is 3.57. The number of halogens is 1. The summed E-state index contributed by atoms with van der Waals surface area (Å²) in [4.78, 5) is 0.320. The summed E-state index contributed by atoms with van der Waals surface area (Å²) >= 11 is 5.78. The lowest BCUT2D eigenvalue weighted by molar-refractivity contribution is 0.439. The highest BCUT2D eigenvalue weighted by Gasteiger charge is 2.23. The number of benzene rings is 2. The molecule has 0 saturated carbocycles. The van der Waals surface area contributed by atoms with Crippen LogP contribution >= 0.6 is 11.6 Å². The van der Waals surface area contributed by atoms with Crippen LogP contribution in [0.15, 0.2) is 47.4 Å². The van der Waals surface area contributed by atoms with Crippen molar-refractivity contribution in [1.29, 1.82) is 0 Å². The minimum atomic E-state index is -3.56. The summed E-state index contributed by atoms with van der Waals surface area (Å²) in [5, 5.41) is 1.65. The minimum absolute atomic E-state index is 0.161. The van der Waals surface area contributed by atoms with Crippen LogP contribution in [-0.4, -0.2) is 20.3 Å². The Morgan fingerprint density at radius 1 is 1.10 bits per heavy atom. The predicted molar refractivity (Wildman–Crippen MR) is 88.2 cm³/mol. The molecular formula is C16H20ClNO2S. The standard InChI is InChI=1S/C16H20ClNO2S/c1-12(2)15(10-11-17)18-21(19,20)16-9-5-7-13-6-3-4-8-14(13)16/h3-9,12,15,18H,10-11H2,1-2H3. The van der Waals surface area contributed by atoms with E-state index >= 15 is 0 Å². The van der Waals surface area contributed by atoms with Crippen LogP contribution in [-0.2, 0) is 10.0 Å². The van der Waals surface area contributed by atoms with E-state index in [1.807, 2.05) is 44.2 Å². The minimum Gasteiger partial charge on any atom is -0.208 e. The zero-order chi connectivity index (χ0) is 15.5. The fourth-order valence-electron chi connectivity index (χ4n) is 2.34. The maximum absolute atomic E-state index is 12.7. The van der Waals surface area contributed by atoms with Gasteiger partial charge < -0.3 is 0 Å². The molecule has 0 fully saturated rings. The summed E-state index contributed by atoms with van der Waals surface area (Å²) in [6.07, 6.45) is 0.614. The van der Waals surface area contributed by atoms with Gasteiger partial charge in [-0.2, -0.15) is 0 Å². The van der Waals surface area contributed by atoms with E-state index in [0.717, 1.165) is 10.8 Å². The van der Waals surface area contributed by atoms with Crippen LogP contribution in [0.2, 0.25) is 0 Å². The van der Waals surface area contributed by atoms with Crippen molar-refractivity contribution in [2.45, 2.75) is 31.2 Å². The molecule has 0 bridgehead atoms. The fraction of sp³-hybridized carbons (Fsp3) is 0.375. The molecular weight excluding hydrogens is 306 g/mol. The molecule has 2 aromatic carbocycles. The van der Waals surface area contributed by atoms with Crippen molar-refractivity contribution in [3.8, 4) is 0 Å². The number of fused-ring (bicyclic) bond motifs is 1. The topological polar surface area (TPSA) is 46.2 Å². The molecule has 21 heavy (non-hydrogen) atoms. The van der Waals surface area contributed by atoms with Crippen molar-refractivity contribution in [2.24, 2.45) is 5.92 Å². The van der Waals surface area contributed by atoms with E-state index in [9.17, 15) is 8.42 Å². The smallest absolute Gasteiger partial charge is 0.208 e. The predicted octanol–water partition coefficient (Wildman–Crippen LogP) is 3.77. The Hall–Kier alpha value is -1.10. The fourth-order valence-corrected chi connectivity index (χ4v) is 4.22. The monoisotopic (exact) mass is 325 g/mol. The first-order chi connectivity index (χ1) is 9.95. The Labute approximate surface area is 131 Å². The average molecular weight is 326 g/mol. The highest BCUT2D eigenvalue weighted by Crippen LogP contribution is 2.23. The average Bonchev–Trinajstić information content (AvgIpc) is 2.46. The summed E-state index contributed by atoms with van der Waals surface area (Å²) in [5.74, 6) is 0.620. The summed E-state index contributed by atoms with van der Waals surface area (Å²) in [5.41, 5.74) is 0. The number of alkyl halides is 1. The molecule has 0 saturated heterocycles. The quantitative estimate of drug-likeness (QED) is 0.822. The number of hydrogen-bond donors (Lipinski definition) is 1. The van der Waals surface area contributed by atoms with Gasteiger partial charge in [0.1, 0.15) is 0 Å². The van der Waals surface area contributed by atoms with Crippen molar-refractivity contribution >= 4 is 32.4 Å². The van der Waals surface area contributed by atoms with Crippen molar-refractivity contribution in [3.05, 3.63) is 42.5 Å². The highest BCUT2D eigenvalue weighted by atomic mass is 35.5. The van der Waals surface area contributed by atoms with Crippen molar-refractivity contribution < 1.29 is 8.42 Å². The van der Waals surface area contributed by atoms with Crippen LogP contribution < -0.4 is 4.72 Å². The second-order valence-electron chi connectivity index (χ2n) is 5.43. The zero-order valence-electron chi connectivity index (χ0n) is 12.2. The van der Waals surface area contributed by atoms with E-state index < -0.39 is 10.0 Å². The Kier molecular flexibility index (Phi) is 5.25. The molecule has 3 nitrogen and oxygen atoms in total. The van der Waals surface area contributed by atoms with Crippen molar-refractivity contribution in [1.82, 2.24) is 4.72 Å². The van der Waals surface area contributed by atoms with Gasteiger partial charge in [-0.1, -0.05) is 50.2 Å². The van der Waals surface area contributed by atoms with Crippen LogP contribution in [0.4, 0.5) is 0 Å². The SMILES string of the molecule is CC(C)C(CCCl)NS(=O)(=O)c1cccc2ccccc12. The molecule has 0 aliphatic carbocycles. The van der Waals surface area contributed by atoms with Crippen LogP contribution in [0.5, 0.6) is 0 Å². The Morgan fingerprint density at radius 3 is 2.43 bits per heavy atom. The molecule has 5 heteroatoms. The lowest BCUT2D eigenvalue weighted by atomic mass is 10.0. The molecule has 2 rings (SSSR count). The zero-order valence-corrected chi connectivity index (χ0v) is 13.8. The maximum atomic E-state index is 12.7. The van der Waals surface area contributed by atoms with E-state index in [2.05, 4.69) is 4.72 Å². The summed E-state index contributed by atoms with van der Waals surface area (Å²) < 4.78 is 28.2. The van der Waals surface area contributed by atoms with Gasteiger partial charge in [-0.15, -0.1) is 11.6 Å². The number of sulfonamides is 1. The molecule has 0 aliphatic rings. The Balaban J connectivity index is 2.42. The van der Waals surface area contributed by atoms with Gasteiger partial charge in [0.25, 0.3) is 0 Å². The first-order valence-electron chi connectivity index (χ1n) is 7.02. The first-order valence-corrected chi connectivity index (χ1v) is 9.03. The Morgan fingerprint density at radius 2 is 1.76 bits per heavy atom. The van der Waals surface area contributed by atoms with Gasteiger partial charge in [-0.3, -0.25) is 0 Å². The molecule has 0 radical (unpaired) electrons. The normalized spacial score (nSPS) is 13.7. The maximum Gasteiger partial charge on any atom is 0.241 e. The molecule has 114 valence electrons. The molecule has 1 atom stereocenters. The summed E-state index contributed by atoms with van der Waals surface area (Å²) in [6, 6.07) is 12.6. The van der Waals surface area contributed by atoms with Crippen LogP contribution in [0, 0.1) is 5.92 Å². The largest absolute Gasteiger partial charge is 0.241 e. The molecule has 1 N–H and O–H groups in total. The summed E-state index contributed by atoms with van der Waals surface area (Å²) in [6.45, 7) is 3.98. The van der Waals surface area contributed by atoms with E-state index in [1.54, 1.807) is 12.1 Å². The third-order valence-corrected chi connectivity index (χ3v) is 5.34. The van der Waals surface area contributed by atoms with Crippen molar-refractivity contribution in [2.75, 3.05) is 5.88 Å². The molecule has 0 spiro atoms. The summed E-state index contributed by atoms with van der Waals surface area (Å²) in [7, 11) is -3.56. The molecule has 0 heterocycles. The molecule has 2 aromatic rings. The van der Waals surface area contributed by atoms with Crippen LogP contribution in [0.3, 0.4) is 0 Å². The number of rotatable bonds is 6. The molecule has 0 aliphatic heterocycles. The van der Waals surface area contributed by atoms with Crippen LogP contribution in [0.25, 0.3) is 10.8 Å². The van der Waals surface area contributed by atoms with Gasteiger partial charge in [0.15, 0.2) is 0 Å². The lowest BCUT2D eigenvalue weighted by Gasteiger charge is -2.21. The molecule has 0 amide bonds. The molecule has 0 aromatic heterocycles. The van der Waals surface area contributed by atoms with E-state index in [1.165, 1.54) is 0 Å². The van der Waals surface area contributed by atoms with Gasteiger partial charge in [-0.25, -0.2) is 13.1 Å². The van der Waals surface area contributed by atoms with Crippen molar-refractivity contribution in [3.63, 3.8) is 0 Å². The van der Waals surface area contributed by atoms with E-state index in [-0.39, 0.29) is 12.0 Å².